The number of hydrogen-bond acceptors (Lipinski definition) is 2. The predicted octanol–water partition coefficient (Wildman–Crippen LogP) is 2.07. The van der Waals surface area contributed by atoms with Gasteiger partial charge in [-0.3, -0.25) is 0 Å². The molecule has 1 saturated heterocycles. The van der Waals surface area contributed by atoms with Crippen LogP contribution in [-0.2, 0) is 0 Å². The Morgan fingerprint density at radius 1 is 1.50 bits per heavy atom. The summed E-state index contributed by atoms with van der Waals surface area (Å²) >= 11 is 0. The Bertz CT molecular complexity index is 264. The molecule has 4 nitrogen and oxygen atoms in total. The third kappa shape index (κ3) is 3.41. The van der Waals surface area contributed by atoms with Crippen LogP contribution in [0.5, 0.6) is 0 Å². The van der Waals surface area contributed by atoms with Crippen molar-refractivity contribution in [2.45, 2.75) is 33.1 Å². The molecule has 90 valence electrons. The number of carbonyl (C=O) groups is 1. The van der Waals surface area contributed by atoms with Gasteiger partial charge in [0.05, 0.1) is 6.07 Å². The molecule has 2 amide bonds. The molecule has 0 unspecified atom stereocenters. The summed E-state index contributed by atoms with van der Waals surface area (Å²) in [6.07, 6.45) is 3.06. The quantitative estimate of drug-likeness (QED) is 0.688. The molecule has 1 fully saturated rings. The number of nitriles is 1. The zero-order valence-electron chi connectivity index (χ0n) is 10.3. The molecule has 1 rings (SSSR count). The van der Waals surface area contributed by atoms with Gasteiger partial charge in [-0.25, -0.2) is 4.79 Å². The molecule has 0 aromatic rings. The van der Waals surface area contributed by atoms with Gasteiger partial charge in [0, 0.05) is 19.6 Å². The lowest BCUT2D eigenvalue weighted by Gasteiger charge is -2.34. The molecule has 0 aromatic heterocycles. The maximum Gasteiger partial charge on any atom is 0.320 e. The van der Waals surface area contributed by atoms with E-state index in [9.17, 15) is 4.79 Å². The van der Waals surface area contributed by atoms with Gasteiger partial charge in [-0.1, -0.05) is 13.8 Å². The van der Waals surface area contributed by atoms with Crippen LogP contribution >= 0.6 is 0 Å². The molecule has 0 atom stereocenters. The van der Waals surface area contributed by atoms with Crippen molar-refractivity contribution in [3.63, 3.8) is 0 Å². The van der Waals surface area contributed by atoms with Crippen LogP contribution in [0, 0.1) is 17.2 Å². The van der Waals surface area contributed by atoms with E-state index < -0.39 is 0 Å². The van der Waals surface area contributed by atoms with Crippen molar-refractivity contribution in [1.82, 2.24) is 9.80 Å². The Hall–Kier alpha value is -1.24. The van der Waals surface area contributed by atoms with E-state index in [2.05, 4.69) is 13.0 Å². The molecular weight excluding hydrogens is 202 g/mol. The molecule has 0 radical (unpaired) electrons. The summed E-state index contributed by atoms with van der Waals surface area (Å²) in [4.78, 5) is 15.6. The largest absolute Gasteiger partial charge is 0.325 e. The van der Waals surface area contributed by atoms with E-state index in [1.165, 1.54) is 0 Å². The van der Waals surface area contributed by atoms with Crippen LogP contribution in [0.15, 0.2) is 0 Å². The third-order valence-corrected chi connectivity index (χ3v) is 3.08. The van der Waals surface area contributed by atoms with Gasteiger partial charge in [0.15, 0.2) is 0 Å². The summed E-state index contributed by atoms with van der Waals surface area (Å²) < 4.78 is 0. The lowest BCUT2D eigenvalue weighted by atomic mass is 9.99. The van der Waals surface area contributed by atoms with Crippen LogP contribution < -0.4 is 0 Å². The molecule has 1 aliphatic rings. The molecule has 4 heteroatoms. The van der Waals surface area contributed by atoms with E-state index in [0.717, 1.165) is 38.3 Å². The Kier molecular flexibility index (Phi) is 5.10. The summed E-state index contributed by atoms with van der Waals surface area (Å²) in [5.41, 5.74) is 0. The van der Waals surface area contributed by atoms with Crippen molar-refractivity contribution >= 4 is 6.03 Å². The molecule has 0 saturated carbocycles. The zero-order valence-corrected chi connectivity index (χ0v) is 10.3. The van der Waals surface area contributed by atoms with Crippen LogP contribution in [0.1, 0.15) is 33.1 Å². The first-order valence-corrected chi connectivity index (χ1v) is 6.09. The van der Waals surface area contributed by atoms with Crippen LogP contribution in [0.4, 0.5) is 4.79 Å². The second-order valence-electron chi connectivity index (χ2n) is 4.53. The van der Waals surface area contributed by atoms with Crippen LogP contribution in [0.25, 0.3) is 0 Å². The Balaban J connectivity index is 2.50. The first kappa shape index (κ1) is 12.8. The highest BCUT2D eigenvalue weighted by atomic mass is 16.2. The van der Waals surface area contributed by atoms with Gasteiger partial charge in [0.2, 0.25) is 0 Å². The standard InChI is InChI=1S/C12H21N3O/c1-3-7-14(10-6-13)12(16)15-8-4-11(2)5-9-15/h11H,3-5,7-10H2,1-2H3. The third-order valence-electron chi connectivity index (χ3n) is 3.08. The van der Waals surface area contributed by atoms with Crippen molar-refractivity contribution in [2.24, 2.45) is 5.92 Å². The number of likely N-dealkylation sites (tertiary alicyclic amines) is 1. The Morgan fingerprint density at radius 3 is 2.62 bits per heavy atom. The van der Waals surface area contributed by atoms with Crippen molar-refractivity contribution in [3.8, 4) is 6.07 Å². The monoisotopic (exact) mass is 223 g/mol. The molecule has 1 aliphatic heterocycles. The van der Waals surface area contributed by atoms with Gasteiger partial charge in [0.25, 0.3) is 0 Å². The number of nitrogens with zero attached hydrogens (tertiary/aromatic N) is 3. The second-order valence-corrected chi connectivity index (χ2v) is 4.53. The summed E-state index contributed by atoms with van der Waals surface area (Å²) in [7, 11) is 0. The van der Waals surface area contributed by atoms with Crippen LogP contribution in [0.3, 0.4) is 0 Å². The summed E-state index contributed by atoms with van der Waals surface area (Å²) in [5.74, 6) is 0.722. The SMILES string of the molecule is CCCN(CC#N)C(=O)N1CCC(C)CC1. The highest BCUT2D eigenvalue weighted by Gasteiger charge is 2.23. The topological polar surface area (TPSA) is 47.3 Å². The highest BCUT2D eigenvalue weighted by Crippen LogP contribution is 2.17. The van der Waals surface area contributed by atoms with Crippen LogP contribution in [0.2, 0.25) is 0 Å². The van der Waals surface area contributed by atoms with E-state index in [0.29, 0.717) is 6.54 Å². The molecule has 0 spiro atoms. The normalized spacial score (nSPS) is 16.9. The lowest BCUT2D eigenvalue weighted by Crippen LogP contribution is -2.46. The molecule has 16 heavy (non-hydrogen) atoms. The van der Waals surface area contributed by atoms with E-state index in [4.69, 9.17) is 5.26 Å². The zero-order chi connectivity index (χ0) is 12.0. The van der Waals surface area contributed by atoms with Gasteiger partial charge in [-0.05, 0) is 25.2 Å². The van der Waals surface area contributed by atoms with E-state index in [1.54, 1.807) is 4.90 Å². The summed E-state index contributed by atoms with van der Waals surface area (Å²) in [6, 6.07) is 2.10. The van der Waals surface area contributed by atoms with Crippen molar-refractivity contribution in [3.05, 3.63) is 0 Å². The second kappa shape index (κ2) is 6.37. The van der Waals surface area contributed by atoms with Gasteiger partial charge in [0.1, 0.15) is 6.54 Å². The van der Waals surface area contributed by atoms with E-state index >= 15 is 0 Å². The minimum absolute atomic E-state index is 0.0373. The van der Waals surface area contributed by atoms with E-state index in [-0.39, 0.29) is 12.6 Å². The maximum atomic E-state index is 12.1. The number of rotatable bonds is 3. The van der Waals surface area contributed by atoms with Crippen molar-refractivity contribution in [1.29, 1.82) is 5.26 Å². The predicted molar refractivity (Wildman–Crippen MR) is 62.8 cm³/mol. The summed E-state index contributed by atoms with van der Waals surface area (Å²) in [6.45, 7) is 6.81. The maximum absolute atomic E-state index is 12.1. The first-order chi connectivity index (χ1) is 7.69. The minimum atomic E-state index is 0.0373. The van der Waals surface area contributed by atoms with Crippen molar-refractivity contribution in [2.75, 3.05) is 26.2 Å². The fourth-order valence-corrected chi connectivity index (χ4v) is 2.00. The van der Waals surface area contributed by atoms with E-state index in [1.807, 2.05) is 11.8 Å². The Labute approximate surface area is 97.8 Å². The number of urea groups is 1. The number of piperidine rings is 1. The highest BCUT2D eigenvalue weighted by molar-refractivity contribution is 5.74. The molecule has 0 aliphatic carbocycles. The van der Waals surface area contributed by atoms with Crippen LogP contribution in [-0.4, -0.2) is 42.0 Å². The minimum Gasteiger partial charge on any atom is -0.325 e. The smallest absolute Gasteiger partial charge is 0.320 e. The Morgan fingerprint density at radius 2 is 2.12 bits per heavy atom. The van der Waals surface area contributed by atoms with Gasteiger partial charge < -0.3 is 9.80 Å². The first-order valence-electron chi connectivity index (χ1n) is 6.09. The number of hydrogen-bond donors (Lipinski definition) is 0. The fraction of sp³-hybridized carbons (Fsp3) is 0.833. The molecule has 0 N–H and O–H groups in total. The average Bonchev–Trinajstić information content (AvgIpc) is 2.29. The average molecular weight is 223 g/mol. The van der Waals surface area contributed by atoms with Gasteiger partial charge >= 0.3 is 6.03 Å². The molecule has 0 bridgehead atoms. The van der Waals surface area contributed by atoms with Crippen molar-refractivity contribution < 1.29 is 4.79 Å². The summed E-state index contributed by atoms with van der Waals surface area (Å²) in [5, 5.41) is 8.69. The molecule has 0 aromatic carbocycles. The molecule has 1 heterocycles. The van der Waals surface area contributed by atoms with Gasteiger partial charge in [-0.2, -0.15) is 5.26 Å². The van der Waals surface area contributed by atoms with Gasteiger partial charge in [-0.15, -0.1) is 0 Å². The number of amides is 2. The molecular formula is C12H21N3O. The lowest BCUT2D eigenvalue weighted by molar-refractivity contribution is 0.139. The fourth-order valence-electron chi connectivity index (χ4n) is 2.00. The number of carbonyl (C=O) groups excluding carboxylic acids is 1.